The summed E-state index contributed by atoms with van der Waals surface area (Å²) in [6.07, 6.45) is -1.47. The van der Waals surface area contributed by atoms with Crippen molar-refractivity contribution in [1.82, 2.24) is 4.90 Å². The van der Waals surface area contributed by atoms with E-state index in [0.717, 1.165) is 22.2 Å². The number of hydrogen-bond acceptors (Lipinski definition) is 8. The van der Waals surface area contributed by atoms with Gasteiger partial charge in [0.1, 0.15) is 12.0 Å². The first-order valence-corrected chi connectivity index (χ1v) is 10.3. The molecule has 1 aliphatic heterocycles. The molecular formula is C21H20N2O7S. The number of likely N-dealkylation sites (tertiary alicyclic amines) is 1. The van der Waals surface area contributed by atoms with Crippen LogP contribution < -0.4 is 0 Å². The zero-order valence-electron chi connectivity index (χ0n) is 16.5. The number of benzene rings is 2. The number of aliphatic hydroxyl groups is 1. The topological polar surface area (TPSA) is 127 Å². The van der Waals surface area contributed by atoms with Crippen molar-refractivity contribution in [2.24, 2.45) is 5.92 Å². The first-order valence-electron chi connectivity index (χ1n) is 9.39. The van der Waals surface area contributed by atoms with Gasteiger partial charge < -0.3 is 9.84 Å². The molecule has 0 spiro atoms. The van der Waals surface area contributed by atoms with Crippen molar-refractivity contribution in [2.75, 3.05) is 0 Å². The van der Waals surface area contributed by atoms with E-state index in [4.69, 9.17) is 4.74 Å². The van der Waals surface area contributed by atoms with E-state index < -0.39 is 34.3 Å². The lowest BCUT2D eigenvalue weighted by Gasteiger charge is -2.47. The van der Waals surface area contributed by atoms with Gasteiger partial charge in [-0.2, -0.15) is 0 Å². The molecule has 3 atom stereocenters. The average molecular weight is 444 g/mol. The molecular weight excluding hydrogens is 424 g/mol. The van der Waals surface area contributed by atoms with Crippen LogP contribution >= 0.6 is 11.8 Å². The molecule has 1 N–H and O–H groups in total. The van der Waals surface area contributed by atoms with Gasteiger partial charge >= 0.3 is 5.97 Å². The van der Waals surface area contributed by atoms with Crippen LogP contribution in [0.3, 0.4) is 0 Å². The second-order valence-electron chi connectivity index (χ2n) is 6.95. The minimum atomic E-state index is -1.85. The minimum Gasteiger partial charge on any atom is -0.457 e. The molecule has 9 nitrogen and oxygen atoms in total. The fourth-order valence-corrected chi connectivity index (χ4v) is 4.28. The van der Waals surface area contributed by atoms with Crippen LogP contribution in [-0.4, -0.2) is 43.5 Å². The van der Waals surface area contributed by atoms with E-state index >= 15 is 0 Å². The number of non-ortho nitro benzene ring substituents is 1. The largest absolute Gasteiger partial charge is 0.457 e. The van der Waals surface area contributed by atoms with Crippen molar-refractivity contribution >= 4 is 34.4 Å². The molecule has 3 rings (SSSR count). The van der Waals surface area contributed by atoms with Gasteiger partial charge in [-0.1, -0.05) is 42.1 Å². The molecule has 162 valence electrons. The third kappa shape index (κ3) is 5.28. The SMILES string of the molecule is CC(=O)SC1C(Cc2ccccc2)C(=O)N1C(O)C(=O)OCc1ccc([N+](=O)[O-])cc1. The van der Waals surface area contributed by atoms with Crippen molar-refractivity contribution in [2.45, 2.75) is 31.6 Å². The van der Waals surface area contributed by atoms with Crippen molar-refractivity contribution in [1.29, 1.82) is 0 Å². The third-order valence-corrected chi connectivity index (χ3v) is 5.91. The summed E-state index contributed by atoms with van der Waals surface area (Å²) in [5, 5.41) is 20.1. The summed E-state index contributed by atoms with van der Waals surface area (Å²) in [4.78, 5) is 47.7. The minimum absolute atomic E-state index is 0.102. The van der Waals surface area contributed by atoms with Crippen molar-refractivity contribution in [3.63, 3.8) is 0 Å². The van der Waals surface area contributed by atoms with Crippen molar-refractivity contribution < 1.29 is 29.2 Å². The fourth-order valence-electron chi connectivity index (χ4n) is 3.23. The number of β-lactam (4-membered cyclic amide) rings is 1. The summed E-state index contributed by atoms with van der Waals surface area (Å²) in [6.45, 7) is 1.12. The highest BCUT2D eigenvalue weighted by Crippen LogP contribution is 2.39. The molecule has 0 aliphatic carbocycles. The van der Waals surface area contributed by atoms with E-state index in [0.29, 0.717) is 12.0 Å². The number of nitrogens with zero attached hydrogens (tertiary/aromatic N) is 2. The predicted octanol–water partition coefficient (Wildman–Crippen LogP) is 2.26. The van der Waals surface area contributed by atoms with Gasteiger partial charge in [-0.25, -0.2) is 4.79 Å². The molecule has 0 radical (unpaired) electrons. The standard InChI is InChI=1S/C21H20N2O7S/c1-13(24)31-20-17(11-14-5-3-2-4-6-14)18(25)22(20)19(26)21(27)30-12-15-7-9-16(10-8-15)23(28)29/h2-10,17,19-20,26H,11-12H2,1H3. The van der Waals surface area contributed by atoms with E-state index in [-0.39, 0.29) is 17.4 Å². The zero-order chi connectivity index (χ0) is 22.5. The van der Waals surface area contributed by atoms with Crippen molar-refractivity contribution in [3.8, 4) is 0 Å². The van der Waals surface area contributed by atoms with Crippen LogP contribution in [0.5, 0.6) is 0 Å². The Hall–Kier alpha value is -3.24. The summed E-state index contributed by atoms with van der Waals surface area (Å²) in [5.74, 6) is -2.03. The Balaban J connectivity index is 1.63. The fraction of sp³-hybridized carbons (Fsp3) is 0.286. The Labute approximate surface area is 182 Å². The van der Waals surface area contributed by atoms with Gasteiger partial charge in [0.05, 0.1) is 10.8 Å². The Morgan fingerprint density at radius 3 is 2.39 bits per heavy atom. The Kier molecular flexibility index (Phi) is 7.03. The highest BCUT2D eigenvalue weighted by molar-refractivity contribution is 8.14. The van der Waals surface area contributed by atoms with Gasteiger partial charge in [0.15, 0.2) is 5.12 Å². The lowest BCUT2D eigenvalue weighted by Crippen LogP contribution is -2.65. The van der Waals surface area contributed by atoms with Gasteiger partial charge in [0, 0.05) is 19.1 Å². The number of carbonyl (C=O) groups excluding carboxylic acids is 3. The summed E-state index contributed by atoms with van der Waals surface area (Å²) >= 11 is 0.879. The molecule has 1 heterocycles. The maximum absolute atomic E-state index is 12.6. The number of hydrogen-bond donors (Lipinski definition) is 1. The molecule has 1 saturated heterocycles. The number of amides is 1. The summed E-state index contributed by atoms with van der Waals surface area (Å²) < 4.78 is 5.06. The van der Waals surface area contributed by atoms with E-state index in [2.05, 4.69) is 0 Å². The first kappa shape index (κ1) is 22.4. The molecule has 2 aromatic rings. The molecule has 1 amide bonds. The van der Waals surface area contributed by atoms with Crippen LogP contribution in [-0.2, 0) is 32.1 Å². The first-order chi connectivity index (χ1) is 14.8. The second kappa shape index (κ2) is 9.71. The van der Waals surface area contributed by atoms with E-state index in [9.17, 15) is 29.6 Å². The number of rotatable bonds is 8. The van der Waals surface area contributed by atoms with Gasteiger partial charge in [-0.05, 0) is 29.7 Å². The molecule has 3 unspecified atom stereocenters. The van der Waals surface area contributed by atoms with E-state index in [1.807, 2.05) is 30.3 Å². The zero-order valence-corrected chi connectivity index (χ0v) is 17.4. The Morgan fingerprint density at radius 1 is 1.16 bits per heavy atom. The molecule has 1 aliphatic rings. The number of thioether (sulfide) groups is 1. The lowest BCUT2D eigenvalue weighted by molar-refractivity contribution is -0.384. The number of esters is 1. The van der Waals surface area contributed by atoms with Crippen LogP contribution in [0.2, 0.25) is 0 Å². The molecule has 0 saturated carbocycles. The summed E-state index contributed by atoms with van der Waals surface area (Å²) in [5.41, 5.74) is 1.29. The summed E-state index contributed by atoms with van der Waals surface area (Å²) in [6, 6.07) is 14.7. The van der Waals surface area contributed by atoms with Crippen molar-refractivity contribution in [3.05, 3.63) is 75.8 Å². The van der Waals surface area contributed by atoms with E-state index in [1.165, 1.54) is 31.2 Å². The molecule has 0 bridgehead atoms. The van der Waals surface area contributed by atoms with Crippen LogP contribution in [0.25, 0.3) is 0 Å². The lowest BCUT2D eigenvalue weighted by atomic mass is 9.90. The predicted molar refractivity (Wildman–Crippen MR) is 111 cm³/mol. The normalized spacial score (nSPS) is 18.8. The molecule has 2 aromatic carbocycles. The van der Waals surface area contributed by atoms with Crippen LogP contribution in [0.4, 0.5) is 5.69 Å². The maximum Gasteiger partial charge on any atom is 0.356 e. The summed E-state index contributed by atoms with van der Waals surface area (Å²) in [7, 11) is 0. The molecule has 1 fully saturated rings. The molecule has 10 heteroatoms. The third-order valence-electron chi connectivity index (χ3n) is 4.78. The van der Waals surface area contributed by atoms with E-state index in [1.54, 1.807) is 0 Å². The number of carbonyl (C=O) groups is 3. The smallest absolute Gasteiger partial charge is 0.356 e. The molecule has 31 heavy (non-hydrogen) atoms. The van der Waals surface area contributed by atoms with Crippen LogP contribution in [0.15, 0.2) is 54.6 Å². The molecule has 0 aromatic heterocycles. The highest BCUT2D eigenvalue weighted by atomic mass is 32.2. The maximum atomic E-state index is 12.6. The highest BCUT2D eigenvalue weighted by Gasteiger charge is 2.52. The number of nitro benzene ring substituents is 1. The van der Waals surface area contributed by atoms with Gasteiger partial charge in [-0.15, -0.1) is 0 Å². The number of ether oxygens (including phenoxy) is 1. The van der Waals surface area contributed by atoms with Crippen LogP contribution in [0.1, 0.15) is 18.1 Å². The Bertz CT molecular complexity index is 981. The van der Waals surface area contributed by atoms with Gasteiger partial charge in [0.2, 0.25) is 12.1 Å². The second-order valence-corrected chi connectivity index (χ2v) is 8.24. The van der Waals surface area contributed by atoms with Crippen LogP contribution in [0, 0.1) is 16.0 Å². The Morgan fingerprint density at radius 2 is 1.81 bits per heavy atom. The van der Waals surface area contributed by atoms with Gasteiger partial charge in [0.25, 0.3) is 5.69 Å². The average Bonchev–Trinajstić information content (AvgIpc) is 2.76. The quantitative estimate of drug-likeness (QED) is 0.284. The number of aliphatic hydroxyl groups excluding tert-OH is 1. The number of nitro groups is 1. The monoisotopic (exact) mass is 444 g/mol. The van der Waals surface area contributed by atoms with Gasteiger partial charge in [-0.3, -0.25) is 24.6 Å².